The molecule has 6 heteroatoms. The molecule has 2 heterocycles. The Kier molecular flexibility index (Phi) is 3.08. The molecule has 0 bridgehead atoms. The number of halogens is 2. The molecule has 0 radical (unpaired) electrons. The van der Waals surface area contributed by atoms with Crippen LogP contribution in [0.2, 0.25) is 0 Å². The van der Waals surface area contributed by atoms with Crippen molar-refractivity contribution in [2.45, 2.75) is 18.8 Å². The Morgan fingerprint density at radius 2 is 1.81 bits per heavy atom. The van der Waals surface area contributed by atoms with Crippen molar-refractivity contribution in [3.63, 3.8) is 0 Å². The van der Waals surface area contributed by atoms with E-state index in [4.69, 9.17) is 0 Å². The third-order valence-electron chi connectivity index (χ3n) is 3.41. The molecule has 108 valence electrons. The standard InChI is InChI=1S/C15H12F2N2O2/c16-15(17)8-4-5-9-18-12(15)10-13(20)19(14(18)21)11-6-2-1-3-7-11/h1-3,5-7,9-10H,4,8H2. The van der Waals surface area contributed by atoms with Crippen molar-refractivity contribution in [2.24, 2.45) is 0 Å². The molecule has 0 aliphatic carbocycles. The Balaban J connectivity index is 2.35. The largest absolute Gasteiger partial charge is 0.340 e. The first-order valence-electron chi connectivity index (χ1n) is 6.50. The molecule has 0 saturated heterocycles. The zero-order chi connectivity index (χ0) is 15.0. The quantitative estimate of drug-likeness (QED) is 0.809. The van der Waals surface area contributed by atoms with Gasteiger partial charge in [-0.2, -0.15) is 8.78 Å². The van der Waals surface area contributed by atoms with Crippen molar-refractivity contribution in [3.8, 4) is 5.69 Å². The van der Waals surface area contributed by atoms with Crippen molar-refractivity contribution in [2.75, 3.05) is 0 Å². The van der Waals surface area contributed by atoms with Gasteiger partial charge < -0.3 is 0 Å². The monoisotopic (exact) mass is 290 g/mol. The van der Waals surface area contributed by atoms with E-state index >= 15 is 0 Å². The Bertz CT molecular complexity index is 820. The summed E-state index contributed by atoms with van der Waals surface area (Å²) in [5, 5.41) is 0. The van der Waals surface area contributed by atoms with Crippen molar-refractivity contribution >= 4 is 6.20 Å². The molecule has 0 N–H and O–H groups in total. The zero-order valence-electron chi connectivity index (χ0n) is 11.0. The van der Waals surface area contributed by atoms with Crippen LogP contribution in [0.1, 0.15) is 18.5 Å². The average molecular weight is 290 g/mol. The summed E-state index contributed by atoms with van der Waals surface area (Å²) in [6, 6.07) is 9.07. The van der Waals surface area contributed by atoms with E-state index in [2.05, 4.69) is 0 Å². The lowest BCUT2D eigenvalue weighted by Gasteiger charge is -2.18. The molecular formula is C15H12F2N2O2. The fourth-order valence-electron chi connectivity index (χ4n) is 2.37. The summed E-state index contributed by atoms with van der Waals surface area (Å²) >= 11 is 0. The molecule has 0 amide bonds. The molecular weight excluding hydrogens is 278 g/mol. The molecule has 2 aromatic rings. The highest BCUT2D eigenvalue weighted by Gasteiger charge is 2.36. The Morgan fingerprint density at radius 1 is 1.10 bits per heavy atom. The van der Waals surface area contributed by atoms with E-state index < -0.39 is 29.3 Å². The van der Waals surface area contributed by atoms with E-state index in [9.17, 15) is 18.4 Å². The molecule has 1 aromatic carbocycles. The number of rotatable bonds is 1. The van der Waals surface area contributed by atoms with Gasteiger partial charge in [-0.05, 0) is 18.6 Å². The van der Waals surface area contributed by atoms with Crippen molar-refractivity contribution < 1.29 is 8.78 Å². The van der Waals surface area contributed by atoms with Gasteiger partial charge in [0.25, 0.3) is 11.5 Å². The Morgan fingerprint density at radius 3 is 2.52 bits per heavy atom. The highest BCUT2D eigenvalue weighted by Crippen LogP contribution is 2.33. The number of aromatic nitrogens is 2. The molecule has 1 aromatic heterocycles. The van der Waals surface area contributed by atoms with Gasteiger partial charge in [0.2, 0.25) is 0 Å². The summed E-state index contributed by atoms with van der Waals surface area (Å²) in [4.78, 5) is 24.5. The van der Waals surface area contributed by atoms with Crippen LogP contribution in [0.3, 0.4) is 0 Å². The first-order valence-corrected chi connectivity index (χ1v) is 6.50. The lowest BCUT2D eigenvalue weighted by Crippen LogP contribution is -2.40. The van der Waals surface area contributed by atoms with Gasteiger partial charge in [0.15, 0.2) is 0 Å². The molecule has 1 aliphatic heterocycles. The first kappa shape index (κ1) is 13.5. The van der Waals surface area contributed by atoms with Crippen molar-refractivity contribution in [3.05, 3.63) is 69.0 Å². The van der Waals surface area contributed by atoms with Crippen LogP contribution in [0, 0.1) is 0 Å². The van der Waals surface area contributed by atoms with E-state index in [0.717, 1.165) is 15.2 Å². The van der Waals surface area contributed by atoms with Gasteiger partial charge >= 0.3 is 5.69 Å². The Labute approximate surface area is 118 Å². The van der Waals surface area contributed by atoms with Gasteiger partial charge in [-0.3, -0.25) is 9.36 Å². The molecule has 3 rings (SSSR count). The van der Waals surface area contributed by atoms with Gasteiger partial charge in [-0.1, -0.05) is 24.3 Å². The second kappa shape index (κ2) is 4.80. The fraction of sp³-hybridized carbons (Fsp3) is 0.200. The first-order chi connectivity index (χ1) is 10.0. The number of alkyl halides is 2. The number of hydrogen-bond acceptors (Lipinski definition) is 2. The summed E-state index contributed by atoms with van der Waals surface area (Å²) < 4.78 is 29.7. The second-order valence-electron chi connectivity index (χ2n) is 4.82. The molecule has 0 spiro atoms. The van der Waals surface area contributed by atoms with Crippen LogP contribution in [0.25, 0.3) is 11.9 Å². The van der Waals surface area contributed by atoms with Crippen LogP contribution in [-0.4, -0.2) is 9.13 Å². The lowest BCUT2D eigenvalue weighted by atomic mass is 10.1. The minimum Gasteiger partial charge on any atom is -0.269 e. The van der Waals surface area contributed by atoms with Crippen LogP contribution in [0.15, 0.2) is 52.1 Å². The van der Waals surface area contributed by atoms with E-state index in [1.54, 1.807) is 30.3 Å². The minimum absolute atomic E-state index is 0.146. The smallest absolute Gasteiger partial charge is 0.269 e. The molecule has 0 saturated carbocycles. The Hall–Kier alpha value is -2.50. The number of nitrogens with zero attached hydrogens (tertiary/aromatic N) is 2. The van der Waals surface area contributed by atoms with Gasteiger partial charge in [0.1, 0.15) is 5.69 Å². The van der Waals surface area contributed by atoms with E-state index in [1.165, 1.54) is 12.3 Å². The highest BCUT2D eigenvalue weighted by molar-refractivity contribution is 5.35. The van der Waals surface area contributed by atoms with Gasteiger partial charge in [-0.15, -0.1) is 0 Å². The van der Waals surface area contributed by atoms with Gasteiger partial charge in [0.05, 0.1) is 5.69 Å². The predicted molar refractivity (Wildman–Crippen MR) is 74.8 cm³/mol. The highest BCUT2D eigenvalue weighted by atomic mass is 19.3. The maximum atomic E-state index is 14.0. The van der Waals surface area contributed by atoms with E-state index in [-0.39, 0.29) is 6.42 Å². The van der Waals surface area contributed by atoms with Gasteiger partial charge in [0, 0.05) is 18.7 Å². The number of para-hydroxylation sites is 1. The zero-order valence-corrected chi connectivity index (χ0v) is 11.0. The maximum absolute atomic E-state index is 14.0. The SMILES string of the molecule is O=c1cc2n(c(=O)n1-c1ccccc1)C=CCCC2(F)F. The van der Waals surface area contributed by atoms with Crippen molar-refractivity contribution in [1.29, 1.82) is 0 Å². The molecule has 0 atom stereocenters. The maximum Gasteiger partial charge on any atom is 0.340 e. The van der Waals surface area contributed by atoms with Crippen molar-refractivity contribution in [1.82, 2.24) is 9.13 Å². The molecule has 4 nitrogen and oxygen atoms in total. The lowest BCUT2D eigenvalue weighted by molar-refractivity contribution is -0.0180. The number of fused-ring (bicyclic) bond motifs is 1. The van der Waals surface area contributed by atoms with Crippen LogP contribution in [0.4, 0.5) is 8.78 Å². The molecule has 1 aliphatic rings. The summed E-state index contributed by atoms with van der Waals surface area (Å²) in [6.07, 6.45) is 2.54. The molecule has 0 unspecified atom stereocenters. The topological polar surface area (TPSA) is 44.0 Å². The second-order valence-corrected chi connectivity index (χ2v) is 4.82. The van der Waals surface area contributed by atoms with Crippen LogP contribution in [-0.2, 0) is 5.92 Å². The fourth-order valence-corrected chi connectivity index (χ4v) is 2.37. The predicted octanol–water partition coefficient (Wildman–Crippen LogP) is 2.36. The summed E-state index contributed by atoms with van der Waals surface area (Å²) in [6.45, 7) is 0. The summed E-state index contributed by atoms with van der Waals surface area (Å²) in [7, 11) is 0. The van der Waals surface area contributed by atoms with E-state index in [0.29, 0.717) is 5.69 Å². The number of benzene rings is 1. The molecule has 0 fully saturated rings. The molecule has 21 heavy (non-hydrogen) atoms. The summed E-state index contributed by atoms with van der Waals surface area (Å²) in [5.74, 6) is -3.20. The normalized spacial score (nSPS) is 16.3. The van der Waals surface area contributed by atoms with Gasteiger partial charge in [-0.25, -0.2) is 9.36 Å². The van der Waals surface area contributed by atoms with Crippen LogP contribution in [0.5, 0.6) is 0 Å². The third-order valence-corrected chi connectivity index (χ3v) is 3.41. The summed E-state index contributed by atoms with van der Waals surface area (Å²) in [5.41, 5.74) is -1.75. The third kappa shape index (κ3) is 2.22. The average Bonchev–Trinajstić information content (AvgIpc) is 2.60. The van der Waals surface area contributed by atoms with Crippen LogP contribution >= 0.6 is 0 Å². The minimum atomic E-state index is -3.20. The number of allylic oxidation sites excluding steroid dienone is 1. The van der Waals surface area contributed by atoms with E-state index in [1.807, 2.05) is 0 Å². The van der Waals surface area contributed by atoms with Crippen LogP contribution < -0.4 is 11.2 Å². The number of hydrogen-bond donors (Lipinski definition) is 0.